The smallest absolute Gasteiger partial charge is 0.277 e. The molecule has 0 aliphatic carbocycles. The van der Waals surface area contributed by atoms with E-state index in [-0.39, 0.29) is 46.0 Å². The Labute approximate surface area is 191 Å². The Bertz CT molecular complexity index is 1020. The number of anilines is 1. The van der Waals surface area contributed by atoms with Crippen molar-refractivity contribution in [2.24, 2.45) is 0 Å². The minimum atomic E-state index is -1.59. The van der Waals surface area contributed by atoms with Gasteiger partial charge in [0.05, 0.1) is 23.9 Å². The number of hydrogen-bond donors (Lipinski definition) is 0. The summed E-state index contributed by atoms with van der Waals surface area (Å²) in [6, 6.07) is 16.6. The van der Waals surface area contributed by atoms with Crippen LogP contribution in [-0.2, 0) is 48.8 Å². The molecule has 1 amide bonds. The molecule has 28 heavy (non-hydrogen) atoms. The van der Waals surface area contributed by atoms with Crippen molar-refractivity contribution >= 4 is 33.7 Å². The third-order valence-electron chi connectivity index (χ3n) is 4.37. The van der Waals surface area contributed by atoms with E-state index in [2.05, 4.69) is 11.4 Å². The molecule has 1 aliphatic rings. The van der Waals surface area contributed by atoms with Gasteiger partial charge in [0.2, 0.25) is 0 Å². The molecular formula is C20H15FN3O2SY-. The van der Waals surface area contributed by atoms with Gasteiger partial charge in [0.15, 0.2) is 6.17 Å². The number of thiophene rings is 1. The molecule has 1 radical (unpaired) electrons. The molecule has 1 aliphatic heterocycles. The van der Waals surface area contributed by atoms with Crippen molar-refractivity contribution in [3.8, 4) is 6.07 Å². The predicted octanol–water partition coefficient (Wildman–Crippen LogP) is 3.65. The first kappa shape index (κ1) is 21.0. The number of ether oxygens (including phenoxy) is 1. The molecule has 1 saturated heterocycles. The minimum absolute atomic E-state index is 0. The van der Waals surface area contributed by atoms with Gasteiger partial charge in [-0.2, -0.15) is 22.4 Å². The van der Waals surface area contributed by atoms with Gasteiger partial charge < -0.3 is 4.74 Å². The van der Waals surface area contributed by atoms with Crippen LogP contribution in [0.2, 0.25) is 0 Å². The van der Waals surface area contributed by atoms with Crippen LogP contribution in [0.4, 0.5) is 10.1 Å². The van der Waals surface area contributed by atoms with Crippen LogP contribution in [-0.4, -0.2) is 30.4 Å². The number of halogens is 1. The average Bonchev–Trinajstić information content (AvgIpc) is 3.29. The van der Waals surface area contributed by atoms with E-state index in [9.17, 15) is 14.4 Å². The summed E-state index contributed by atoms with van der Waals surface area (Å²) in [6.07, 6.45) is -1.59. The fraction of sp³-hybridized carbons (Fsp3) is 0.200. The van der Waals surface area contributed by atoms with Crippen molar-refractivity contribution in [2.75, 3.05) is 18.3 Å². The van der Waals surface area contributed by atoms with E-state index in [0.29, 0.717) is 17.9 Å². The maximum atomic E-state index is 14.1. The molecule has 0 spiro atoms. The fourth-order valence-electron chi connectivity index (χ4n) is 3.12. The third-order valence-corrected chi connectivity index (χ3v) is 5.14. The van der Waals surface area contributed by atoms with Gasteiger partial charge in [-0.15, -0.1) is 10.3 Å². The quantitative estimate of drug-likeness (QED) is 0.536. The number of carbonyl (C=O) groups is 1. The van der Waals surface area contributed by atoms with Gasteiger partial charge in [-0.25, -0.2) is 9.40 Å². The van der Waals surface area contributed by atoms with Gasteiger partial charge >= 0.3 is 0 Å². The summed E-state index contributed by atoms with van der Waals surface area (Å²) in [4.78, 5) is 13.4. The van der Waals surface area contributed by atoms with Crippen LogP contribution in [0.25, 0.3) is 10.8 Å². The molecule has 1 fully saturated rings. The molecule has 0 bridgehead atoms. The van der Waals surface area contributed by atoms with E-state index < -0.39 is 12.1 Å². The normalized spacial score (nSPS) is 16.9. The second-order valence-electron chi connectivity index (χ2n) is 6.13. The number of alkyl halides is 1. The molecule has 4 rings (SSSR count). The molecule has 139 valence electrons. The van der Waals surface area contributed by atoms with Gasteiger partial charge in [-0.05, 0) is 29.0 Å². The van der Waals surface area contributed by atoms with Crippen LogP contribution in [0.15, 0.2) is 48.5 Å². The summed E-state index contributed by atoms with van der Waals surface area (Å²) in [6.45, 7) is 0.429. The molecule has 2 aromatic carbocycles. The molecule has 8 heteroatoms. The minimum Gasteiger partial charge on any atom is -0.372 e. The van der Waals surface area contributed by atoms with Gasteiger partial charge in [-0.1, -0.05) is 18.2 Å². The zero-order valence-corrected chi connectivity index (χ0v) is 18.5. The second kappa shape index (κ2) is 9.21. The van der Waals surface area contributed by atoms with Crippen LogP contribution in [0.3, 0.4) is 0 Å². The predicted molar refractivity (Wildman–Crippen MR) is 101 cm³/mol. The molecule has 1 unspecified atom stereocenters. The average molecular weight is 469 g/mol. The number of fused-ring (bicyclic) bond motifs is 1. The van der Waals surface area contributed by atoms with E-state index >= 15 is 0 Å². The van der Waals surface area contributed by atoms with Gasteiger partial charge in [0, 0.05) is 39.3 Å². The molecular weight excluding hydrogens is 454 g/mol. The van der Waals surface area contributed by atoms with E-state index in [4.69, 9.17) is 4.74 Å². The second-order valence-corrected chi connectivity index (χ2v) is 7.09. The Hall–Kier alpha value is -1.69. The standard InChI is InChI=1S/C20H15FN3O2S.Y/c21-19-11-23(13-26-12-17-5-2-8-27-17)24(20(19)25)16-6-7-18-14(9-16)3-1-4-15(18)10-22;/h1-7,9,19H,11-13H2;/q-1;. The number of carbonyl (C=O) groups excluding carboxylic acids is 1. The van der Waals surface area contributed by atoms with Gasteiger partial charge in [0.1, 0.15) is 6.73 Å². The Balaban J connectivity index is 0.00000225. The summed E-state index contributed by atoms with van der Waals surface area (Å²) in [5.41, 5.74) is 1.11. The molecule has 1 atom stereocenters. The molecule has 5 nitrogen and oxygen atoms in total. The first-order valence-electron chi connectivity index (χ1n) is 8.35. The van der Waals surface area contributed by atoms with Crippen molar-refractivity contribution in [3.05, 3.63) is 64.4 Å². The maximum Gasteiger partial charge on any atom is 0.277 e. The number of hydrazine groups is 1. The number of benzene rings is 2. The Morgan fingerprint density at radius 1 is 1.32 bits per heavy atom. The van der Waals surface area contributed by atoms with Gasteiger partial charge in [0.25, 0.3) is 5.91 Å². The Morgan fingerprint density at radius 3 is 2.93 bits per heavy atom. The number of amides is 1. The van der Waals surface area contributed by atoms with Crippen LogP contribution < -0.4 is 5.01 Å². The summed E-state index contributed by atoms with van der Waals surface area (Å²) >= 11 is 1.46. The monoisotopic (exact) mass is 469 g/mol. The Morgan fingerprint density at radius 2 is 2.18 bits per heavy atom. The third kappa shape index (κ3) is 4.17. The van der Waals surface area contributed by atoms with E-state index in [1.165, 1.54) is 16.3 Å². The first-order chi connectivity index (χ1) is 13.2. The fourth-order valence-corrected chi connectivity index (χ4v) is 3.68. The van der Waals surface area contributed by atoms with E-state index in [1.807, 2.05) is 18.2 Å². The zero-order valence-electron chi connectivity index (χ0n) is 14.8. The van der Waals surface area contributed by atoms with Crippen LogP contribution in [0.1, 0.15) is 10.4 Å². The zero-order chi connectivity index (χ0) is 18.8. The summed E-state index contributed by atoms with van der Waals surface area (Å²) in [5, 5.41) is 16.7. The molecule has 0 N–H and O–H groups in total. The van der Waals surface area contributed by atoms with Crippen LogP contribution in [0, 0.1) is 16.7 Å². The van der Waals surface area contributed by atoms with Gasteiger partial charge in [-0.3, -0.25) is 16.1 Å². The topological polar surface area (TPSA) is 56.6 Å². The molecule has 2 heterocycles. The van der Waals surface area contributed by atoms with E-state index in [1.54, 1.807) is 35.3 Å². The van der Waals surface area contributed by atoms with Crippen molar-refractivity contribution in [1.29, 1.82) is 5.26 Å². The molecule has 3 aromatic rings. The number of hydrogen-bond acceptors (Lipinski definition) is 5. The molecule has 1 aromatic heterocycles. The first-order valence-corrected chi connectivity index (χ1v) is 9.17. The Kier molecular flexibility index (Phi) is 6.92. The summed E-state index contributed by atoms with van der Waals surface area (Å²) in [5.74, 6) is -0.612. The SMILES string of the molecule is N#Cc1cccc2cc(N3C(=O)C(F)CN3COCc3cc[c-]s3)ccc12.[Y]. The number of nitriles is 1. The summed E-state index contributed by atoms with van der Waals surface area (Å²) < 4.78 is 19.7. The number of nitrogens with zero attached hydrogens (tertiary/aromatic N) is 3. The number of rotatable bonds is 5. The van der Waals surface area contributed by atoms with E-state index in [0.717, 1.165) is 15.6 Å². The maximum absolute atomic E-state index is 14.1. The van der Waals surface area contributed by atoms with Crippen molar-refractivity contribution in [2.45, 2.75) is 12.8 Å². The largest absolute Gasteiger partial charge is 0.372 e. The van der Waals surface area contributed by atoms with Crippen molar-refractivity contribution < 1.29 is 46.6 Å². The summed E-state index contributed by atoms with van der Waals surface area (Å²) in [7, 11) is 0. The van der Waals surface area contributed by atoms with Crippen LogP contribution >= 0.6 is 11.3 Å². The molecule has 0 saturated carbocycles. The van der Waals surface area contributed by atoms with Crippen LogP contribution in [0.5, 0.6) is 0 Å². The van der Waals surface area contributed by atoms with Crippen molar-refractivity contribution in [1.82, 2.24) is 5.01 Å². The van der Waals surface area contributed by atoms with Crippen molar-refractivity contribution in [3.63, 3.8) is 0 Å².